The summed E-state index contributed by atoms with van der Waals surface area (Å²) in [5, 5.41) is 8.34. The van der Waals surface area contributed by atoms with Gasteiger partial charge in [-0.25, -0.2) is 0 Å². The van der Waals surface area contributed by atoms with Crippen molar-refractivity contribution in [2.75, 3.05) is 6.61 Å². The van der Waals surface area contributed by atoms with Crippen LogP contribution in [0.15, 0.2) is 12.7 Å². The molecule has 0 aromatic carbocycles. The maximum absolute atomic E-state index is 10.1. The first kappa shape index (κ1) is 10.2. The van der Waals surface area contributed by atoms with Gasteiger partial charge in [0, 0.05) is 0 Å². The monoisotopic (exact) mass is 158 g/mol. The molecule has 1 atom stereocenters. The van der Waals surface area contributed by atoms with E-state index in [1.807, 2.05) is 0 Å². The van der Waals surface area contributed by atoms with Crippen molar-refractivity contribution in [2.24, 2.45) is 0 Å². The Kier molecular flexibility index (Phi) is 5.47. The lowest BCUT2D eigenvalue weighted by molar-refractivity contribution is -0.139. The number of hydrogen-bond donors (Lipinski definition) is 1. The number of carboxylic acid groups (broad SMARTS) is 1. The SMILES string of the molecule is C=CCCO[C@H](C)CC(=O)O. The Morgan fingerprint density at radius 3 is 2.91 bits per heavy atom. The smallest absolute Gasteiger partial charge is 0.305 e. The van der Waals surface area contributed by atoms with Crippen molar-refractivity contribution in [3.05, 3.63) is 12.7 Å². The molecule has 0 unspecified atom stereocenters. The number of carbonyl (C=O) groups is 1. The second kappa shape index (κ2) is 5.92. The lowest BCUT2D eigenvalue weighted by Gasteiger charge is -2.08. The Labute approximate surface area is 66.7 Å². The first-order valence-corrected chi connectivity index (χ1v) is 3.61. The molecule has 0 saturated carbocycles. The van der Waals surface area contributed by atoms with Crippen LogP contribution in [0, 0.1) is 0 Å². The summed E-state index contributed by atoms with van der Waals surface area (Å²) in [5.74, 6) is -0.823. The fraction of sp³-hybridized carbons (Fsp3) is 0.625. The van der Waals surface area contributed by atoms with Crippen LogP contribution in [0.4, 0.5) is 0 Å². The normalized spacial score (nSPS) is 12.5. The maximum atomic E-state index is 10.1. The molecule has 0 bridgehead atoms. The van der Waals surface area contributed by atoms with Gasteiger partial charge in [-0.05, 0) is 13.3 Å². The minimum atomic E-state index is -0.823. The molecule has 1 N–H and O–H groups in total. The van der Waals surface area contributed by atoms with Gasteiger partial charge >= 0.3 is 5.97 Å². The average molecular weight is 158 g/mol. The predicted molar refractivity (Wildman–Crippen MR) is 42.5 cm³/mol. The molecule has 0 fully saturated rings. The van der Waals surface area contributed by atoms with E-state index in [1.54, 1.807) is 13.0 Å². The molecule has 0 aromatic rings. The van der Waals surface area contributed by atoms with Gasteiger partial charge in [-0.2, -0.15) is 0 Å². The number of carboxylic acids is 1. The summed E-state index contributed by atoms with van der Waals surface area (Å²) in [6, 6.07) is 0. The summed E-state index contributed by atoms with van der Waals surface area (Å²) < 4.78 is 5.14. The Bertz CT molecular complexity index is 131. The van der Waals surface area contributed by atoms with Gasteiger partial charge in [0.2, 0.25) is 0 Å². The van der Waals surface area contributed by atoms with Gasteiger partial charge in [0.15, 0.2) is 0 Å². The lowest BCUT2D eigenvalue weighted by Crippen LogP contribution is -2.13. The highest BCUT2D eigenvalue weighted by Crippen LogP contribution is 1.97. The van der Waals surface area contributed by atoms with Gasteiger partial charge in [-0.3, -0.25) is 4.79 Å². The zero-order valence-corrected chi connectivity index (χ0v) is 6.75. The van der Waals surface area contributed by atoms with Gasteiger partial charge in [-0.15, -0.1) is 6.58 Å². The molecule has 11 heavy (non-hydrogen) atoms. The molecule has 0 aliphatic rings. The minimum Gasteiger partial charge on any atom is -0.481 e. The second-order valence-electron chi connectivity index (χ2n) is 2.36. The average Bonchev–Trinajstić information content (AvgIpc) is 1.86. The van der Waals surface area contributed by atoms with Crippen LogP contribution in [-0.4, -0.2) is 23.8 Å². The van der Waals surface area contributed by atoms with Crippen molar-refractivity contribution in [3.8, 4) is 0 Å². The van der Waals surface area contributed by atoms with E-state index in [-0.39, 0.29) is 12.5 Å². The van der Waals surface area contributed by atoms with E-state index in [9.17, 15) is 4.79 Å². The Balaban J connectivity index is 3.28. The third kappa shape index (κ3) is 7.06. The van der Waals surface area contributed by atoms with E-state index in [2.05, 4.69) is 6.58 Å². The second-order valence-corrected chi connectivity index (χ2v) is 2.36. The van der Waals surface area contributed by atoms with Crippen LogP contribution in [0.3, 0.4) is 0 Å². The van der Waals surface area contributed by atoms with E-state index in [0.29, 0.717) is 6.61 Å². The molecule has 0 rings (SSSR count). The lowest BCUT2D eigenvalue weighted by atomic mass is 10.3. The van der Waals surface area contributed by atoms with Crippen molar-refractivity contribution in [2.45, 2.75) is 25.9 Å². The van der Waals surface area contributed by atoms with Crippen LogP contribution in [0.25, 0.3) is 0 Å². The third-order valence-corrected chi connectivity index (χ3v) is 1.19. The molecule has 0 aliphatic carbocycles. The van der Waals surface area contributed by atoms with Crippen LogP contribution < -0.4 is 0 Å². The molecule has 3 nitrogen and oxygen atoms in total. The summed E-state index contributed by atoms with van der Waals surface area (Å²) in [7, 11) is 0. The number of ether oxygens (including phenoxy) is 1. The first-order chi connectivity index (χ1) is 5.16. The molecule has 0 heterocycles. The fourth-order valence-electron chi connectivity index (χ4n) is 0.657. The maximum Gasteiger partial charge on any atom is 0.305 e. The van der Waals surface area contributed by atoms with Gasteiger partial charge in [-0.1, -0.05) is 6.08 Å². The summed E-state index contributed by atoms with van der Waals surface area (Å²) in [4.78, 5) is 10.1. The highest BCUT2D eigenvalue weighted by Gasteiger charge is 2.05. The standard InChI is InChI=1S/C8H14O3/c1-3-4-5-11-7(2)6-8(9)10/h3,7H,1,4-6H2,2H3,(H,9,10)/t7-/m1/s1. The van der Waals surface area contributed by atoms with Crippen molar-refractivity contribution >= 4 is 5.97 Å². The van der Waals surface area contributed by atoms with Crippen molar-refractivity contribution < 1.29 is 14.6 Å². The van der Waals surface area contributed by atoms with Gasteiger partial charge in [0.05, 0.1) is 19.1 Å². The van der Waals surface area contributed by atoms with Crippen molar-refractivity contribution in [1.82, 2.24) is 0 Å². The molecule has 0 aromatic heterocycles. The topological polar surface area (TPSA) is 46.5 Å². The molecule has 64 valence electrons. The minimum absolute atomic E-state index is 0.0666. The van der Waals surface area contributed by atoms with Crippen molar-refractivity contribution in [1.29, 1.82) is 0 Å². The number of rotatable bonds is 6. The molecule has 0 spiro atoms. The van der Waals surface area contributed by atoms with Crippen LogP contribution in [-0.2, 0) is 9.53 Å². The van der Waals surface area contributed by atoms with Crippen LogP contribution >= 0.6 is 0 Å². The van der Waals surface area contributed by atoms with Crippen LogP contribution in [0.2, 0.25) is 0 Å². The summed E-state index contributed by atoms with van der Waals surface area (Å²) in [6.45, 7) is 5.82. The zero-order valence-electron chi connectivity index (χ0n) is 6.75. The van der Waals surface area contributed by atoms with E-state index >= 15 is 0 Å². The van der Waals surface area contributed by atoms with E-state index in [0.717, 1.165) is 6.42 Å². The zero-order chi connectivity index (χ0) is 8.69. The quantitative estimate of drug-likeness (QED) is 0.470. The summed E-state index contributed by atoms with van der Waals surface area (Å²) in [5.41, 5.74) is 0. The molecule has 0 radical (unpaired) electrons. The molecule has 0 amide bonds. The molecular weight excluding hydrogens is 144 g/mol. The number of aliphatic carboxylic acids is 1. The Morgan fingerprint density at radius 1 is 1.82 bits per heavy atom. The van der Waals surface area contributed by atoms with Gasteiger partial charge in [0.25, 0.3) is 0 Å². The first-order valence-electron chi connectivity index (χ1n) is 3.61. The van der Waals surface area contributed by atoms with Gasteiger partial charge in [0.1, 0.15) is 0 Å². The van der Waals surface area contributed by atoms with E-state index in [1.165, 1.54) is 0 Å². The summed E-state index contributed by atoms with van der Waals surface area (Å²) >= 11 is 0. The van der Waals surface area contributed by atoms with E-state index in [4.69, 9.17) is 9.84 Å². The van der Waals surface area contributed by atoms with Crippen LogP contribution in [0.1, 0.15) is 19.8 Å². The van der Waals surface area contributed by atoms with Gasteiger partial charge < -0.3 is 9.84 Å². The highest BCUT2D eigenvalue weighted by molar-refractivity contribution is 5.67. The fourth-order valence-corrected chi connectivity index (χ4v) is 0.657. The molecule has 0 aliphatic heterocycles. The van der Waals surface area contributed by atoms with Crippen molar-refractivity contribution in [3.63, 3.8) is 0 Å². The molecule has 3 heteroatoms. The predicted octanol–water partition coefficient (Wildman–Crippen LogP) is 1.44. The largest absolute Gasteiger partial charge is 0.481 e. The molecular formula is C8H14O3. The highest BCUT2D eigenvalue weighted by atomic mass is 16.5. The van der Waals surface area contributed by atoms with E-state index < -0.39 is 5.97 Å². The molecule has 0 saturated heterocycles. The Hall–Kier alpha value is -0.830. The van der Waals surface area contributed by atoms with Crippen LogP contribution in [0.5, 0.6) is 0 Å². The summed E-state index contributed by atoms with van der Waals surface area (Å²) in [6.07, 6.45) is 2.38. The Morgan fingerprint density at radius 2 is 2.45 bits per heavy atom. The number of hydrogen-bond acceptors (Lipinski definition) is 2. The third-order valence-electron chi connectivity index (χ3n) is 1.19.